The van der Waals surface area contributed by atoms with Crippen LogP contribution in [0, 0.1) is 0 Å². The monoisotopic (exact) mass is 285 g/mol. The van der Waals surface area contributed by atoms with Crippen LogP contribution in [0.5, 0.6) is 0 Å². The van der Waals surface area contributed by atoms with Crippen molar-refractivity contribution in [1.82, 2.24) is 15.5 Å². The number of carboxylic acid groups (broad SMARTS) is 1. The number of piperidine rings is 1. The predicted octanol–water partition coefficient (Wildman–Crippen LogP) is -0.314. The molecule has 2 unspecified atom stereocenters. The van der Waals surface area contributed by atoms with Crippen LogP contribution in [0.3, 0.4) is 0 Å². The minimum absolute atomic E-state index is 0.180. The lowest BCUT2D eigenvalue weighted by molar-refractivity contribution is -0.148. The van der Waals surface area contributed by atoms with E-state index >= 15 is 0 Å². The van der Waals surface area contributed by atoms with Crippen molar-refractivity contribution in [3.05, 3.63) is 0 Å². The lowest BCUT2D eigenvalue weighted by atomic mass is 10.1. The minimum Gasteiger partial charge on any atom is -0.481 e. The van der Waals surface area contributed by atoms with E-state index in [0.29, 0.717) is 6.42 Å². The molecule has 0 aromatic carbocycles. The fraction of sp³-hybridized carbons (Fsp3) is 0.667. The maximum absolute atomic E-state index is 11.8. The number of nitrogens with one attached hydrogen (secondary N) is 2. The zero-order valence-corrected chi connectivity index (χ0v) is 11.5. The maximum atomic E-state index is 11.8. The van der Waals surface area contributed by atoms with Crippen LogP contribution in [-0.4, -0.2) is 53.0 Å². The Kier molecular flexibility index (Phi) is 5.48. The maximum Gasteiger partial charge on any atom is 0.315 e. The summed E-state index contributed by atoms with van der Waals surface area (Å²) in [4.78, 5) is 46.4. The van der Waals surface area contributed by atoms with Gasteiger partial charge < -0.3 is 15.7 Å². The summed E-state index contributed by atoms with van der Waals surface area (Å²) in [6.07, 6.45) is 0.738. The van der Waals surface area contributed by atoms with Crippen LogP contribution >= 0.6 is 0 Å². The Morgan fingerprint density at radius 2 is 2.10 bits per heavy atom. The second-order valence-electron chi connectivity index (χ2n) is 4.70. The van der Waals surface area contributed by atoms with Crippen LogP contribution in [0.25, 0.3) is 0 Å². The van der Waals surface area contributed by atoms with Gasteiger partial charge in [0.05, 0.1) is 6.42 Å². The normalized spacial score (nSPS) is 20.5. The number of hydrogen-bond donors (Lipinski definition) is 3. The molecule has 0 aromatic rings. The molecule has 8 heteroatoms. The van der Waals surface area contributed by atoms with Gasteiger partial charge >= 0.3 is 12.0 Å². The largest absolute Gasteiger partial charge is 0.481 e. The number of likely N-dealkylation sites (N-methyl/N-ethyl adjacent to an activating group) is 1. The number of likely N-dealkylation sites (tertiary alicyclic amines) is 1. The van der Waals surface area contributed by atoms with Crippen LogP contribution in [0.2, 0.25) is 0 Å². The Balaban J connectivity index is 2.51. The summed E-state index contributed by atoms with van der Waals surface area (Å²) in [6.45, 7) is 1.76. The molecular weight excluding hydrogens is 266 g/mol. The fourth-order valence-electron chi connectivity index (χ4n) is 1.94. The lowest BCUT2D eigenvalue weighted by Gasteiger charge is -2.28. The van der Waals surface area contributed by atoms with Gasteiger partial charge in [-0.05, 0) is 12.8 Å². The number of carbonyl (C=O) groups is 4. The molecule has 4 amide bonds. The van der Waals surface area contributed by atoms with Gasteiger partial charge in [-0.1, -0.05) is 6.92 Å². The molecular formula is C12H19N3O5. The van der Waals surface area contributed by atoms with Crippen molar-refractivity contribution in [3.8, 4) is 0 Å². The molecule has 1 fully saturated rings. The number of carboxylic acids is 1. The number of rotatable bonds is 5. The first-order valence-corrected chi connectivity index (χ1v) is 6.44. The van der Waals surface area contributed by atoms with Crippen LogP contribution in [0.1, 0.15) is 32.6 Å². The molecule has 1 aliphatic rings. The molecule has 1 heterocycles. The van der Waals surface area contributed by atoms with Crippen molar-refractivity contribution in [2.24, 2.45) is 0 Å². The first kappa shape index (κ1) is 15.9. The van der Waals surface area contributed by atoms with E-state index in [1.807, 2.05) is 0 Å². The number of aliphatic carboxylic acids is 1. The molecule has 1 saturated heterocycles. The SMILES string of the molecule is CCC(CC(=O)O)NC(=O)NC1CCC(=O)N(C)C1=O. The van der Waals surface area contributed by atoms with E-state index in [2.05, 4.69) is 10.6 Å². The Bertz CT molecular complexity index is 423. The topological polar surface area (TPSA) is 116 Å². The molecule has 0 aliphatic carbocycles. The summed E-state index contributed by atoms with van der Waals surface area (Å²) in [6, 6.07) is -1.84. The molecule has 2 atom stereocenters. The molecule has 0 aromatic heterocycles. The van der Waals surface area contributed by atoms with Crippen LogP contribution in [-0.2, 0) is 14.4 Å². The lowest BCUT2D eigenvalue weighted by Crippen LogP contribution is -2.56. The molecule has 0 spiro atoms. The number of carbonyl (C=O) groups excluding carboxylic acids is 3. The average molecular weight is 285 g/mol. The summed E-state index contributed by atoms with van der Waals surface area (Å²) in [5.41, 5.74) is 0. The van der Waals surface area contributed by atoms with E-state index in [4.69, 9.17) is 5.11 Å². The Hall–Kier alpha value is -2.12. The number of amides is 4. The zero-order chi connectivity index (χ0) is 15.3. The predicted molar refractivity (Wildman–Crippen MR) is 68.8 cm³/mol. The van der Waals surface area contributed by atoms with Gasteiger partial charge in [-0.25, -0.2) is 4.79 Å². The van der Waals surface area contributed by atoms with Crippen molar-refractivity contribution in [1.29, 1.82) is 0 Å². The van der Waals surface area contributed by atoms with Gasteiger partial charge in [0.1, 0.15) is 6.04 Å². The number of nitrogens with zero attached hydrogens (tertiary/aromatic N) is 1. The second-order valence-corrected chi connectivity index (χ2v) is 4.70. The van der Waals surface area contributed by atoms with Gasteiger partial charge in [0.2, 0.25) is 5.91 Å². The van der Waals surface area contributed by atoms with E-state index in [1.54, 1.807) is 6.92 Å². The van der Waals surface area contributed by atoms with E-state index in [0.717, 1.165) is 4.90 Å². The Labute approximate surface area is 116 Å². The fourth-order valence-corrected chi connectivity index (χ4v) is 1.94. The van der Waals surface area contributed by atoms with Crippen molar-refractivity contribution >= 4 is 23.8 Å². The van der Waals surface area contributed by atoms with Gasteiger partial charge in [-0.3, -0.25) is 19.3 Å². The third-order valence-corrected chi connectivity index (χ3v) is 3.20. The summed E-state index contributed by atoms with van der Waals surface area (Å²) < 4.78 is 0. The second kappa shape index (κ2) is 6.88. The summed E-state index contributed by atoms with van der Waals surface area (Å²) in [5.74, 6) is -1.73. The highest BCUT2D eigenvalue weighted by Gasteiger charge is 2.32. The quantitative estimate of drug-likeness (QED) is 0.599. The summed E-state index contributed by atoms with van der Waals surface area (Å²) in [5, 5.41) is 13.7. The molecule has 1 rings (SSSR count). The first-order chi connectivity index (χ1) is 9.35. The van der Waals surface area contributed by atoms with Crippen molar-refractivity contribution in [2.45, 2.75) is 44.7 Å². The highest BCUT2D eigenvalue weighted by Crippen LogP contribution is 2.11. The number of hydrogen-bond acceptors (Lipinski definition) is 4. The van der Waals surface area contributed by atoms with Crippen molar-refractivity contribution in [3.63, 3.8) is 0 Å². The van der Waals surface area contributed by atoms with E-state index < -0.39 is 30.0 Å². The number of imide groups is 1. The number of urea groups is 1. The van der Waals surface area contributed by atoms with Crippen LogP contribution < -0.4 is 10.6 Å². The highest BCUT2D eigenvalue weighted by molar-refractivity contribution is 6.01. The molecule has 8 nitrogen and oxygen atoms in total. The van der Waals surface area contributed by atoms with Gasteiger partial charge in [0.25, 0.3) is 5.91 Å². The molecule has 1 aliphatic heterocycles. The van der Waals surface area contributed by atoms with E-state index in [-0.39, 0.29) is 25.2 Å². The van der Waals surface area contributed by atoms with Crippen LogP contribution in [0.4, 0.5) is 4.79 Å². The standard InChI is InChI=1S/C12H19N3O5/c1-3-7(6-10(17)18)13-12(20)14-8-4-5-9(16)15(2)11(8)19/h7-8H,3-6H2,1-2H3,(H,17,18)(H2,13,14,20). The molecule has 112 valence electrons. The Morgan fingerprint density at radius 1 is 1.45 bits per heavy atom. The van der Waals surface area contributed by atoms with Gasteiger partial charge in [-0.15, -0.1) is 0 Å². The third-order valence-electron chi connectivity index (χ3n) is 3.20. The summed E-state index contributed by atoms with van der Waals surface area (Å²) in [7, 11) is 1.37. The molecule has 20 heavy (non-hydrogen) atoms. The average Bonchev–Trinajstić information content (AvgIpc) is 2.38. The first-order valence-electron chi connectivity index (χ1n) is 6.44. The smallest absolute Gasteiger partial charge is 0.315 e. The van der Waals surface area contributed by atoms with Gasteiger partial charge in [0, 0.05) is 19.5 Å². The summed E-state index contributed by atoms with van der Waals surface area (Å²) >= 11 is 0. The highest BCUT2D eigenvalue weighted by atomic mass is 16.4. The van der Waals surface area contributed by atoms with Crippen LogP contribution in [0.15, 0.2) is 0 Å². The molecule has 0 bridgehead atoms. The third kappa shape index (κ3) is 4.22. The molecule has 0 radical (unpaired) electrons. The van der Waals surface area contributed by atoms with Crippen molar-refractivity contribution in [2.75, 3.05) is 7.05 Å². The zero-order valence-electron chi connectivity index (χ0n) is 11.5. The van der Waals surface area contributed by atoms with Gasteiger partial charge in [-0.2, -0.15) is 0 Å². The van der Waals surface area contributed by atoms with Gasteiger partial charge in [0.15, 0.2) is 0 Å². The van der Waals surface area contributed by atoms with E-state index in [9.17, 15) is 19.2 Å². The Morgan fingerprint density at radius 3 is 2.65 bits per heavy atom. The molecule has 0 saturated carbocycles. The molecule has 3 N–H and O–H groups in total. The van der Waals surface area contributed by atoms with E-state index in [1.165, 1.54) is 7.05 Å². The minimum atomic E-state index is -1.00. The van der Waals surface area contributed by atoms with Crippen molar-refractivity contribution < 1.29 is 24.3 Å².